The van der Waals surface area contributed by atoms with Crippen molar-refractivity contribution < 1.29 is 22.7 Å². The summed E-state index contributed by atoms with van der Waals surface area (Å²) in [7, 11) is -3.63. The predicted molar refractivity (Wildman–Crippen MR) is 120 cm³/mol. The maximum atomic E-state index is 13.4. The Kier molecular flexibility index (Phi) is 6.34. The first kappa shape index (κ1) is 22.0. The fraction of sp³-hybridized carbons (Fsp3) is 0.708. The molecule has 1 aromatic carbocycles. The standard InChI is InChI=1S/C24H34N2O5S/c27-24(26-12-3-6-18-5-1-2-7-21(18)26)19-10-13-25(14-11-19)32(28,29)20-8-9-22-23(17-20)31-16-4-15-30-22/h8-9,17-19,21H,1-7,10-16H2/t18-,21+/m1/s1. The molecule has 0 bridgehead atoms. The zero-order chi connectivity index (χ0) is 22.1. The molecular formula is C24H34N2O5S. The van der Waals surface area contributed by atoms with E-state index >= 15 is 0 Å². The zero-order valence-corrected chi connectivity index (χ0v) is 19.5. The van der Waals surface area contributed by atoms with Crippen LogP contribution in [0.5, 0.6) is 11.5 Å². The number of hydrogen-bond acceptors (Lipinski definition) is 5. The maximum absolute atomic E-state index is 13.4. The molecule has 3 fully saturated rings. The van der Waals surface area contributed by atoms with Gasteiger partial charge in [0.15, 0.2) is 11.5 Å². The van der Waals surface area contributed by atoms with E-state index in [0.717, 1.165) is 25.8 Å². The molecule has 1 amide bonds. The van der Waals surface area contributed by atoms with Crippen LogP contribution in [0.3, 0.4) is 0 Å². The first-order chi connectivity index (χ1) is 15.5. The highest BCUT2D eigenvalue weighted by molar-refractivity contribution is 7.89. The van der Waals surface area contributed by atoms with E-state index in [-0.39, 0.29) is 16.7 Å². The van der Waals surface area contributed by atoms with Gasteiger partial charge in [0.2, 0.25) is 15.9 Å². The van der Waals surface area contributed by atoms with Crippen LogP contribution in [0.25, 0.3) is 0 Å². The molecule has 8 heteroatoms. The molecule has 5 rings (SSSR count). The summed E-state index contributed by atoms with van der Waals surface area (Å²) in [5, 5.41) is 0. The van der Waals surface area contributed by atoms with E-state index in [4.69, 9.17) is 9.47 Å². The minimum atomic E-state index is -3.63. The van der Waals surface area contributed by atoms with Crippen LogP contribution in [0.4, 0.5) is 0 Å². The van der Waals surface area contributed by atoms with E-state index in [9.17, 15) is 13.2 Å². The quantitative estimate of drug-likeness (QED) is 0.688. The highest BCUT2D eigenvalue weighted by Crippen LogP contribution is 2.38. The number of benzene rings is 1. The molecule has 0 N–H and O–H groups in total. The van der Waals surface area contributed by atoms with Crippen LogP contribution in [0.15, 0.2) is 23.1 Å². The zero-order valence-electron chi connectivity index (χ0n) is 18.7. The lowest BCUT2D eigenvalue weighted by molar-refractivity contribution is -0.143. The van der Waals surface area contributed by atoms with Crippen molar-refractivity contribution in [1.82, 2.24) is 9.21 Å². The Bertz CT molecular complexity index is 940. The molecule has 0 radical (unpaired) electrons. The molecule has 0 aromatic heterocycles. The molecule has 32 heavy (non-hydrogen) atoms. The number of rotatable bonds is 3. The second-order valence-corrected chi connectivity index (χ2v) is 11.6. The van der Waals surface area contributed by atoms with Gasteiger partial charge in [0.1, 0.15) is 0 Å². The average molecular weight is 463 g/mol. The fourth-order valence-electron chi connectivity index (χ4n) is 5.93. The first-order valence-corrected chi connectivity index (χ1v) is 13.7. The minimum Gasteiger partial charge on any atom is -0.490 e. The lowest BCUT2D eigenvalue weighted by atomic mass is 9.77. The number of hydrogen-bond donors (Lipinski definition) is 0. The molecule has 0 unspecified atom stereocenters. The molecule has 176 valence electrons. The SMILES string of the molecule is O=C(C1CCN(S(=O)(=O)c2ccc3c(c2)OCCCO3)CC1)N1CCC[C@H]2CCCC[C@@H]21. The van der Waals surface area contributed by atoms with Gasteiger partial charge in [0.25, 0.3) is 0 Å². The van der Waals surface area contributed by atoms with Crippen molar-refractivity contribution in [1.29, 1.82) is 0 Å². The summed E-state index contributed by atoms with van der Waals surface area (Å²) in [4.78, 5) is 15.7. The summed E-state index contributed by atoms with van der Waals surface area (Å²) in [6, 6.07) is 5.26. The minimum absolute atomic E-state index is 0.0640. The molecule has 3 aliphatic heterocycles. The Morgan fingerprint density at radius 1 is 0.844 bits per heavy atom. The van der Waals surface area contributed by atoms with Crippen LogP contribution >= 0.6 is 0 Å². The molecule has 4 aliphatic rings. The Morgan fingerprint density at radius 3 is 2.38 bits per heavy atom. The van der Waals surface area contributed by atoms with E-state index in [1.807, 2.05) is 0 Å². The number of fused-ring (bicyclic) bond motifs is 2. The number of amides is 1. The van der Waals surface area contributed by atoms with Gasteiger partial charge in [-0.05, 0) is 56.6 Å². The number of ether oxygens (including phenoxy) is 2. The van der Waals surface area contributed by atoms with Crippen LogP contribution < -0.4 is 9.47 Å². The van der Waals surface area contributed by atoms with Gasteiger partial charge in [-0.15, -0.1) is 0 Å². The van der Waals surface area contributed by atoms with E-state index in [2.05, 4.69) is 4.90 Å². The van der Waals surface area contributed by atoms with Crippen molar-refractivity contribution >= 4 is 15.9 Å². The van der Waals surface area contributed by atoms with Gasteiger partial charge in [-0.1, -0.05) is 12.8 Å². The van der Waals surface area contributed by atoms with Gasteiger partial charge in [0, 0.05) is 44.1 Å². The summed E-state index contributed by atoms with van der Waals surface area (Å²) in [5.74, 6) is 1.94. The summed E-state index contributed by atoms with van der Waals surface area (Å²) < 4.78 is 39.3. The molecule has 0 spiro atoms. The summed E-state index contributed by atoms with van der Waals surface area (Å²) >= 11 is 0. The van der Waals surface area contributed by atoms with E-state index in [0.29, 0.717) is 62.6 Å². The molecule has 3 heterocycles. The second-order valence-electron chi connectivity index (χ2n) is 9.62. The topological polar surface area (TPSA) is 76.2 Å². The Labute approximate surface area is 191 Å². The smallest absolute Gasteiger partial charge is 0.243 e. The molecule has 2 saturated heterocycles. The Morgan fingerprint density at radius 2 is 1.56 bits per heavy atom. The fourth-order valence-corrected chi connectivity index (χ4v) is 7.41. The number of piperidine rings is 2. The van der Waals surface area contributed by atoms with Crippen molar-refractivity contribution in [2.45, 2.75) is 68.7 Å². The summed E-state index contributed by atoms with van der Waals surface area (Å²) in [5.41, 5.74) is 0. The van der Waals surface area contributed by atoms with Crippen molar-refractivity contribution in [3.05, 3.63) is 18.2 Å². The van der Waals surface area contributed by atoms with E-state index < -0.39 is 10.0 Å². The van der Waals surface area contributed by atoms with Gasteiger partial charge in [0.05, 0.1) is 18.1 Å². The highest BCUT2D eigenvalue weighted by atomic mass is 32.2. The third kappa shape index (κ3) is 4.23. The average Bonchev–Trinajstić information content (AvgIpc) is 3.08. The van der Waals surface area contributed by atoms with Gasteiger partial charge in [-0.25, -0.2) is 8.42 Å². The molecular weight excluding hydrogens is 428 g/mol. The molecule has 1 aromatic rings. The summed E-state index contributed by atoms with van der Waals surface area (Å²) in [6.45, 7) is 2.72. The number of carbonyl (C=O) groups is 1. The lowest BCUT2D eigenvalue weighted by Crippen LogP contribution is -2.53. The number of nitrogens with zero attached hydrogens (tertiary/aromatic N) is 2. The van der Waals surface area contributed by atoms with Crippen LogP contribution in [-0.2, 0) is 14.8 Å². The van der Waals surface area contributed by atoms with Crippen molar-refractivity contribution in [2.24, 2.45) is 11.8 Å². The highest BCUT2D eigenvalue weighted by Gasteiger charge is 2.40. The van der Waals surface area contributed by atoms with Crippen molar-refractivity contribution in [3.8, 4) is 11.5 Å². The van der Waals surface area contributed by atoms with E-state index in [1.165, 1.54) is 30.0 Å². The van der Waals surface area contributed by atoms with E-state index in [1.54, 1.807) is 18.2 Å². The Balaban J connectivity index is 1.24. The third-order valence-corrected chi connectivity index (χ3v) is 9.58. The third-order valence-electron chi connectivity index (χ3n) is 7.69. The van der Waals surface area contributed by atoms with Crippen molar-refractivity contribution in [2.75, 3.05) is 32.8 Å². The predicted octanol–water partition coefficient (Wildman–Crippen LogP) is 3.43. The maximum Gasteiger partial charge on any atom is 0.243 e. The van der Waals surface area contributed by atoms with Crippen molar-refractivity contribution in [3.63, 3.8) is 0 Å². The van der Waals surface area contributed by atoms with Gasteiger partial charge in [-0.3, -0.25) is 4.79 Å². The van der Waals surface area contributed by atoms with Gasteiger partial charge >= 0.3 is 0 Å². The lowest BCUT2D eigenvalue weighted by Gasteiger charge is -2.46. The van der Waals surface area contributed by atoms with Crippen LogP contribution in [0, 0.1) is 11.8 Å². The van der Waals surface area contributed by atoms with Crippen LogP contribution in [0.1, 0.15) is 57.8 Å². The largest absolute Gasteiger partial charge is 0.490 e. The van der Waals surface area contributed by atoms with Crippen LogP contribution in [-0.4, -0.2) is 62.4 Å². The molecule has 1 saturated carbocycles. The number of likely N-dealkylation sites (tertiary alicyclic amines) is 1. The molecule has 7 nitrogen and oxygen atoms in total. The van der Waals surface area contributed by atoms with Gasteiger partial charge < -0.3 is 14.4 Å². The van der Waals surface area contributed by atoms with Crippen LogP contribution in [0.2, 0.25) is 0 Å². The second kappa shape index (κ2) is 9.21. The molecule has 1 aliphatic carbocycles. The molecule has 2 atom stereocenters. The number of sulfonamides is 1. The summed E-state index contributed by atoms with van der Waals surface area (Å²) in [6.07, 6.45) is 9.21. The first-order valence-electron chi connectivity index (χ1n) is 12.2. The Hall–Kier alpha value is -1.80. The normalized spacial score (nSPS) is 27.4. The van der Waals surface area contributed by atoms with Gasteiger partial charge in [-0.2, -0.15) is 4.31 Å². The number of carbonyl (C=O) groups excluding carboxylic acids is 1. The monoisotopic (exact) mass is 462 g/mol.